The van der Waals surface area contributed by atoms with Crippen LogP contribution in [0.1, 0.15) is 32.1 Å². The fraction of sp³-hybridized carbons (Fsp3) is 0.409. The van der Waals surface area contributed by atoms with Crippen molar-refractivity contribution in [3.8, 4) is 11.4 Å². The Kier molecular flexibility index (Phi) is 5.45. The molecule has 0 aliphatic carbocycles. The maximum atomic E-state index is 14.6. The highest BCUT2D eigenvalue weighted by Crippen LogP contribution is 2.32. The summed E-state index contributed by atoms with van der Waals surface area (Å²) < 4.78 is 22.0. The molecule has 0 spiro atoms. The number of fused-ring (bicyclic) bond motifs is 1. The van der Waals surface area contributed by atoms with E-state index < -0.39 is 5.82 Å². The third-order valence-electron chi connectivity index (χ3n) is 5.84. The zero-order chi connectivity index (χ0) is 21.4. The van der Waals surface area contributed by atoms with E-state index in [1.54, 1.807) is 23.1 Å². The molecular weight excluding hydrogens is 419 g/mol. The van der Waals surface area contributed by atoms with Crippen molar-refractivity contribution in [1.29, 1.82) is 0 Å². The van der Waals surface area contributed by atoms with Gasteiger partial charge in [0.2, 0.25) is 5.91 Å². The molecule has 5 rings (SSSR count). The lowest BCUT2D eigenvalue weighted by atomic mass is 10.2. The van der Waals surface area contributed by atoms with E-state index >= 15 is 0 Å². The summed E-state index contributed by atoms with van der Waals surface area (Å²) >= 11 is 1.25. The smallest absolute Gasteiger partial charge is 0.275 e. The minimum Gasteiger partial charge on any atom is -0.490 e. The van der Waals surface area contributed by atoms with Crippen molar-refractivity contribution in [2.45, 2.75) is 38.1 Å². The van der Waals surface area contributed by atoms with Crippen molar-refractivity contribution in [1.82, 2.24) is 14.9 Å². The lowest BCUT2D eigenvalue weighted by Gasteiger charge is -2.12. The Hall–Kier alpha value is -2.78. The predicted molar refractivity (Wildman–Crippen MR) is 118 cm³/mol. The van der Waals surface area contributed by atoms with Crippen LogP contribution in [-0.4, -0.2) is 41.2 Å². The van der Waals surface area contributed by atoms with E-state index in [1.165, 1.54) is 34.7 Å². The molecule has 1 amide bonds. The second kappa shape index (κ2) is 8.39. The summed E-state index contributed by atoms with van der Waals surface area (Å²) in [7, 11) is 0. The number of hydrogen-bond acceptors (Lipinski definition) is 6. The van der Waals surface area contributed by atoms with Crippen molar-refractivity contribution in [2.75, 3.05) is 24.6 Å². The topological polar surface area (TPSA) is 76.5 Å². The van der Waals surface area contributed by atoms with E-state index in [4.69, 9.17) is 4.74 Å². The zero-order valence-corrected chi connectivity index (χ0v) is 17.8. The van der Waals surface area contributed by atoms with E-state index in [0.29, 0.717) is 41.5 Å². The van der Waals surface area contributed by atoms with Gasteiger partial charge in [0.1, 0.15) is 16.0 Å². The first-order valence-corrected chi connectivity index (χ1v) is 11.4. The maximum absolute atomic E-state index is 14.6. The van der Waals surface area contributed by atoms with E-state index in [2.05, 4.69) is 10.3 Å². The quantitative estimate of drug-likeness (QED) is 0.634. The minimum absolute atomic E-state index is 0.0632. The van der Waals surface area contributed by atoms with E-state index in [1.807, 2.05) is 0 Å². The van der Waals surface area contributed by atoms with Crippen LogP contribution < -0.4 is 20.5 Å². The number of carbonyl (C=O) groups is 1. The van der Waals surface area contributed by atoms with Crippen LogP contribution in [0.15, 0.2) is 35.4 Å². The van der Waals surface area contributed by atoms with Crippen LogP contribution in [0.25, 0.3) is 15.9 Å². The van der Waals surface area contributed by atoms with Gasteiger partial charge >= 0.3 is 0 Å². The molecule has 2 aliphatic rings. The van der Waals surface area contributed by atoms with Gasteiger partial charge in [0.25, 0.3) is 5.56 Å². The van der Waals surface area contributed by atoms with E-state index in [9.17, 15) is 14.0 Å². The summed E-state index contributed by atoms with van der Waals surface area (Å²) in [6, 6.07) is 6.69. The Morgan fingerprint density at radius 2 is 2.16 bits per heavy atom. The van der Waals surface area contributed by atoms with Gasteiger partial charge in [-0.3, -0.25) is 14.2 Å². The van der Waals surface area contributed by atoms with Gasteiger partial charge in [-0.2, -0.15) is 0 Å². The average molecular weight is 443 g/mol. The van der Waals surface area contributed by atoms with E-state index in [0.717, 1.165) is 30.8 Å². The van der Waals surface area contributed by atoms with Crippen LogP contribution in [-0.2, 0) is 4.79 Å². The molecule has 3 aromatic rings. The third kappa shape index (κ3) is 3.95. The number of benzene rings is 1. The van der Waals surface area contributed by atoms with Crippen molar-refractivity contribution >= 4 is 32.5 Å². The first kappa shape index (κ1) is 20.1. The molecule has 1 N–H and O–H groups in total. The summed E-state index contributed by atoms with van der Waals surface area (Å²) in [5, 5.41) is 4.12. The summed E-state index contributed by atoms with van der Waals surface area (Å²) in [6.45, 7) is 2.12. The highest BCUT2D eigenvalue weighted by Gasteiger charge is 2.24. The fourth-order valence-electron chi connectivity index (χ4n) is 4.17. The van der Waals surface area contributed by atoms with Gasteiger partial charge in [0, 0.05) is 25.1 Å². The van der Waals surface area contributed by atoms with E-state index in [-0.39, 0.29) is 17.2 Å². The molecule has 2 aromatic heterocycles. The number of carbonyl (C=O) groups excluding carboxylic acids is 1. The molecule has 0 saturated carbocycles. The summed E-state index contributed by atoms with van der Waals surface area (Å²) in [6.07, 6.45) is 5.86. The predicted octanol–water partition coefficient (Wildman–Crippen LogP) is 3.23. The van der Waals surface area contributed by atoms with Gasteiger partial charge in [0.05, 0.1) is 17.8 Å². The van der Waals surface area contributed by atoms with Gasteiger partial charge in [-0.05, 0) is 50.4 Å². The molecular formula is C22H23FN4O3S. The molecule has 2 aliphatic heterocycles. The number of nitrogens with zero attached hydrogens (tertiary/aromatic N) is 3. The summed E-state index contributed by atoms with van der Waals surface area (Å²) in [5.41, 5.74) is 0.643. The number of anilines is 1. The molecule has 1 unspecified atom stereocenters. The summed E-state index contributed by atoms with van der Waals surface area (Å²) in [5.74, 6) is -0.276. The second-order valence-corrected chi connectivity index (χ2v) is 8.94. The van der Waals surface area contributed by atoms with Gasteiger partial charge in [-0.15, -0.1) is 11.3 Å². The Balaban J connectivity index is 1.37. The van der Waals surface area contributed by atoms with Crippen LogP contribution >= 0.6 is 11.3 Å². The molecule has 7 nitrogen and oxygen atoms in total. The molecule has 9 heteroatoms. The van der Waals surface area contributed by atoms with Gasteiger partial charge in [-0.1, -0.05) is 0 Å². The molecule has 162 valence electrons. The lowest BCUT2D eigenvalue weighted by molar-refractivity contribution is -0.117. The minimum atomic E-state index is -0.515. The SMILES string of the molecule is O=C1CCCN1c1cc2ncn(-c3ccc(OCCC4CCCN4)c(F)c3)c(=O)c2s1. The monoisotopic (exact) mass is 442 g/mol. The van der Waals surface area contributed by atoms with Crippen molar-refractivity contribution < 1.29 is 13.9 Å². The molecule has 31 heavy (non-hydrogen) atoms. The van der Waals surface area contributed by atoms with Gasteiger partial charge < -0.3 is 15.0 Å². The third-order valence-corrected chi connectivity index (χ3v) is 6.98. The molecule has 0 bridgehead atoms. The number of ether oxygens (including phenoxy) is 1. The zero-order valence-electron chi connectivity index (χ0n) is 17.0. The van der Waals surface area contributed by atoms with Crippen molar-refractivity contribution in [3.05, 3.63) is 46.8 Å². The normalized spacial score (nSPS) is 18.9. The molecule has 2 saturated heterocycles. The first-order chi connectivity index (χ1) is 15.1. The highest BCUT2D eigenvalue weighted by molar-refractivity contribution is 7.22. The Bertz CT molecular complexity index is 1190. The highest BCUT2D eigenvalue weighted by atomic mass is 32.1. The molecule has 1 aromatic carbocycles. The molecule has 2 fully saturated rings. The Labute approximate surface area is 182 Å². The lowest BCUT2D eigenvalue weighted by Crippen LogP contribution is -2.23. The second-order valence-electron chi connectivity index (χ2n) is 7.91. The molecule has 4 heterocycles. The van der Waals surface area contributed by atoms with Crippen molar-refractivity contribution in [3.63, 3.8) is 0 Å². The average Bonchev–Trinajstić information content (AvgIpc) is 3.50. The number of thiophene rings is 1. The number of nitrogens with one attached hydrogen (secondary N) is 1. The van der Waals surface area contributed by atoms with Crippen molar-refractivity contribution in [2.24, 2.45) is 0 Å². The number of halogens is 1. The maximum Gasteiger partial charge on any atom is 0.275 e. The Morgan fingerprint density at radius 1 is 1.26 bits per heavy atom. The first-order valence-electron chi connectivity index (χ1n) is 10.6. The fourth-order valence-corrected chi connectivity index (χ4v) is 5.25. The largest absolute Gasteiger partial charge is 0.490 e. The standard InChI is InChI=1S/C22H23FN4O3S/c23-16-11-15(5-6-18(16)30-10-7-14-3-1-8-24-14)27-13-25-17-12-20(31-21(17)22(27)29)26-9-2-4-19(26)28/h5-6,11-14,24H,1-4,7-10H2. The number of hydrogen-bond donors (Lipinski definition) is 1. The molecule has 0 radical (unpaired) electrons. The van der Waals surface area contributed by atoms with Crippen LogP contribution in [0.2, 0.25) is 0 Å². The Morgan fingerprint density at radius 3 is 2.90 bits per heavy atom. The number of aromatic nitrogens is 2. The summed E-state index contributed by atoms with van der Waals surface area (Å²) in [4.78, 5) is 31.1. The molecule has 1 atom stereocenters. The van der Waals surface area contributed by atoms with Crippen LogP contribution in [0.4, 0.5) is 9.39 Å². The van der Waals surface area contributed by atoms with Gasteiger partial charge in [0.15, 0.2) is 11.6 Å². The van der Waals surface area contributed by atoms with Crippen LogP contribution in [0.3, 0.4) is 0 Å². The van der Waals surface area contributed by atoms with Gasteiger partial charge in [-0.25, -0.2) is 9.37 Å². The van der Waals surface area contributed by atoms with Crippen LogP contribution in [0.5, 0.6) is 5.75 Å². The number of amides is 1. The van der Waals surface area contributed by atoms with Crippen LogP contribution in [0, 0.1) is 5.82 Å². The number of rotatable bonds is 6.